The van der Waals surface area contributed by atoms with E-state index in [1.54, 1.807) is 12.0 Å². The van der Waals surface area contributed by atoms with E-state index in [0.29, 0.717) is 18.7 Å². The number of Topliss-reactive ketones (excluding diaryl/α,β-unsaturated/α-hetero) is 1. The summed E-state index contributed by atoms with van der Waals surface area (Å²) in [5, 5.41) is 11.5. The van der Waals surface area contributed by atoms with Crippen LogP contribution in [0, 0.1) is 13.8 Å². The number of nitrogens with zero attached hydrogens (tertiary/aromatic N) is 2. The lowest BCUT2D eigenvalue weighted by Gasteiger charge is -2.27. The van der Waals surface area contributed by atoms with E-state index in [1.165, 1.54) is 0 Å². The molecule has 0 aromatic heterocycles. The maximum absolute atomic E-state index is 13.2. The minimum absolute atomic E-state index is 0.132. The van der Waals surface area contributed by atoms with E-state index in [0.717, 1.165) is 28.0 Å². The summed E-state index contributed by atoms with van der Waals surface area (Å²) in [5.41, 5.74) is 4.21. The Labute approximate surface area is 196 Å². The number of likely N-dealkylation sites (N-methyl/N-ethyl adjacent to an activating group) is 1. The molecule has 0 radical (unpaired) electrons. The van der Waals surface area contributed by atoms with Crippen molar-refractivity contribution >= 4 is 17.4 Å². The summed E-state index contributed by atoms with van der Waals surface area (Å²) in [6.45, 7) is 8.91. The van der Waals surface area contributed by atoms with Gasteiger partial charge in [-0.1, -0.05) is 43.7 Å². The zero-order chi connectivity index (χ0) is 24.4. The van der Waals surface area contributed by atoms with Crippen molar-refractivity contribution in [1.82, 2.24) is 9.80 Å². The van der Waals surface area contributed by atoms with E-state index in [4.69, 9.17) is 4.74 Å². The number of rotatable bonds is 7. The molecular formula is C27H34N2O4. The molecule has 1 saturated heterocycles. The molecule has 1 amide bonds. The fourth-order valence-electron chi connectivity index (χ4n) is 4.33. The summed E-state index contributed by atoms with van der Waals surface area (Å²) in [6.07, 6.45) is 0. The average molecular weight is 451 g/mol. The lowest BCUT2D eigenvalue weighted by Crippen LogP contribution is -2.35. The van der Waals surface area contributed by atoms with E-state index in [2.05, 4.69) is 0 Å². The minimum atomic E-state index is -0.654. The summed E-state index contributed by atoms with van der Waals surface area (Å²) in [7, 11) is 5.47. The first-order chi connectivity index (χ1) is 15.6. The molecule has 1 unspecified atom stereocenters. The topological polar surface area (TPSA) is 70.1 Å². The molecule has 0 spiro atoms. The van der Waals surface area contributed by atoms with Crippen LogP contribution in [0.1, 0.15) is 53.6 Å². The van der Waals surface area contributed by atoms with Gasteiger partial charge in [-0.2, -0.15) is 0 Å². The number of ether oxygens (including phenoxy) is 1. The predicted molar refractivity (Wildman–Crippen MR) is 131 cm³/mol. The van der Waals surface area contributed by atoms with Crippen LogP contribution in [-0.2, 0) is 9.59 Å². The van der Waals surface area contributed by atoms with Crippen molar-refractivity contribution in [2.75, 3.05) is 34.3 Å². The van der Waals surface area contributed by atoms with Crippen LogP contribution in [0.4, 0.5) is 0 Å². The maximum atomic E-state index is 13.2. The number of hydrogen-bond acceptors (Lipinski definition) is 5. The molecule has 2 aromatic carbocycles. The molecule has 3 rings (SSSR count). The van der Waals surface area contributed by atoms with Gasteiger partial charge in [-0.25, -0.2) is 0 Å². The van der Waals surface area contributed by atoms with E-state index >= 15 is 0 Å². The number of aryl methyl sites for hydroxylation is 2. The Morgan fingerprint density at radius 1 is 1.15 bits per heavy atom. The molecule has 0 bridgehead atoms. The normalized spacial score (nSPS) is 18.0. The van der Waals surface area contributed by atoms with Crippen LogP contribution in [0.25, 0.3) is 5.76 Å². The minimum Gasteiger partial charge on any atom is -0.507 e. The van der Waals surface area contributed by atoms with Gasteiger partial charge in [0.15, 0.2) is 0 Å². The Kier molecular flexibility index (Phi) is 7.28. The summed E-state index contributed by atoms with van der Waals surface area (Å²) >= 11 is 0. The summed E-state index contributed by atoms with van der Waals surface area (Å²) in [4.78, 5) is 29.9. The molecule has 1 heterocycles. The van der Waals surface area contributed by atoms with Crippen molar-refractivity contribution in [1.29, 1.82) is 0 Å². The number of aliphatic hydroxyl groups excluding tert-OH is 1. The molecule has 2 aromatic rings. The second kappa shape index (κ2) is 9.79. The van der Waals surface area contributed by atoms with Crippen molar-refractivity contribution in [3.05, 3.63) is 69.8 Å². The van der Waals surface area contributed by atoms with Crippen molar-refractivity contribution in [3.63, 3.8) is 0 Å². The van der Waals surface area contributed by atoms with Crippen LogP contribution in [-0.4, -0.2) is 60.9 Å². The molecular weight excluding hydrogens is 416 g/mol. The maximum Gasteiger partial charge on any atom is 0.295 e. The standard InChI is InChI=1S/C27H34N2O4/c1-16(2)20-15-21(18(4)14-22(20)33-7)25(30)23-24(19-10-8-9-17(3)13-19)29(12-11-28(5)6)27(32)26(23)31/h8-10,13-16,24,30H,11-12H2,1-7H3/b25-23+. The SMILES string of the molecule is COc1cc(C)c(/C(O)=C2\C(=O)C(=O)N(CCN(C)C)C2c2cccc(C)c2)cc1C(C)C. The van der Waals surface area contributed by atoms with Crippen molar-refractivity contribution < 1.29 is 19.4 Å². The predicted octanol–water partition coefficient (Wildman–Crippen LogP) is 4.42. The molecule has 6 nitrogen and oxygen atoms in total. The summed E-state index contributed by atoms with van der Waals surface area (Å²) in [5.74, 6) is -0.489. The van der Waals surface area contributed by atoms with Crippen LogP contribution in [0.3, 0.4) is 0 Å². The molecule has 1 aliphatic rings. The first-order valence-electron chi connectivity index (χ1n) is 11.2. The van der Waals surface area contributed by atoms with Crippen LogP contribution in [0.5, 0.6) is 5.75 Å². The fraction of sp³-hybridized carbons (Fsp3) is 0.407. The van der Waals surface area contributed by atoms with Gasteiger partial charge in [-0.3, -0.25) is 9.59 Å². The zero-order valence-corrected chi connectivity index (χ0v) is 20.6. The number of benzene rings is 2. The molecule has 1 atom stereocenters. The number of methoxy groups -OCH3 is 1. The van der Waals surface area contributed by atoms with Gasteiger partial charge in [0.1, 0.15) is 11.5 Å². The molecule has 33 heavy (non-hydrogen) atoms. The zero-order valence-electron chi connectivity index (χ0n) is 20.6. The number of amides is 1. The Morgan fingerprint density at radius 3 is 2.42 bits per heavy atom. The Bertz CT molecular complexity index is 1100. The smallest absolute Gasteiger partial charge is 0.295 e. The molecule has 6 heteroatoms. The third-order valence-corrected chi connectivity index (χ3v) is 6.14. The highest BCUT2D eigenvalue weighted by Crippen LogP contribution is 2.41. The van der Waals surface area contributed by atoms with Gasteiger partial charge in [0.05, 0.1) is 18.7 Å². The Balaban J connectivity index is 2.24. The fourth-order valence-corrected chi connectivity index (χ4v) is 4.33. The molecule has 1 fully saturated rings. The van der Waals surface area contributed by atoms with Crippen LogP contribution in [0.2, 0.25) is 0 Å². The number of carbonyl (C=O) groups is 2. The van der Waals surface area contributed by atoms with Gasteiger partial charge in [-0.05, 0) is 62.7 Å². The third-order valence-electron chi connectivity index (χ3n) is 6.14. The second-order valence-electron chi connectivity index (χ2n) is 9.27. The quantitative estimate of drug-likeness (QED) is 0.384. The lowest BCUT2D eigenvalue weighted by molar-refractivity contribution is -0.140. The molecule has 0 aliphatic carbocycles. The number of carbonyl (C=O) groups excluding carboxylic acids is 2. The number of ketones is 1. The highest BCUT2D eigenvalue weighted by Gasteiger charge is 2.46. The highest BCUT2D eigenvalue weighted by molar-refractivity contribution is 6.46. The summed E-state index contributed by atoms with van der Waals surface area (Å²) < 4.78 is 5.53. The van der Waals surface area contributed by atoms with Crippen molar-refractivity contribution in [2.45, 2.75) is 39.7 Å². The van der Waals surface area contributed by atoms with Crippen molar-refractivity contribution in [3.8, 4) is 5.75 Å². The largest absolute Gasteiger partial charge is 0.507 e. The van der Waals surface area contributed by atoms with E-state index in [-0.39, 0.29) is 17.3 Å². The van der Waals surface area contributed by atoms with Crippen LogP contribution < -0.4 is 4.74 Å². The monoisotopic (exact) mass is 450 g/mol. The van der Waals surface area contributed by atoms with Gasteiger partial charge in [0.25, 0.3) is 11.7 Å². The first-order valence-corrected chi connectivity index (χ1v) is 11.2. The van der Waals surface area contributed by atoms with Crippen molar-refractivity contribution in [2.24, 2.45) is 0 Å². The average Bonchev–Trinajstić information content (AvgIpc) is 3.01. The molecule has 1 N–H and O–H groups in total. The van der Waals surface area contributed by atoms with E-state index < -0.39 is 17.7 Å². The molecule has 176 valence electrons. The molecule has 1 aliphatic heterocycles. The number of hydrogen-bond donors (Lipinski definition) is 1. The number of likely N-dealkylation sites (tertiary alicyclic amines) is 1. The van der Waals surface area contributed by atoms with Gasteiger partial charge in [-0.15, -0.1) is 0 Å². The lowest BCUT2D eigenvalue weighted by atomic mass is 9.90. The Morgan fingerprint density at radius 2 is 1.85 bits per heavy atom. The number of aliphatic hydroxyl groups is 1. The van der Waals surface area contributed by atoms with Gasteiger partial charge >= 0.3 is 0 Å². The van der Waals surface area contributed by atoms with E-state index in [9.17, 15) is 14.7 Å². The first kappa shape index (κ1) is 24.5. The van der Waals surface area contributed by atoms with Gasteiger partial charge < -0.3 is 19.6 Å². The highest BCUT2D eigenvalue weighted by atomic mass is 16.5. The van der Waals surface area contributed by atoms with Crippen LogP contribution >= 0.6 is 0 Å². The van der Waals surface area contributed by atoms with Crippen LogP contribution in [0.15, 0.2) is 42.0 Å². The van der Waals surface area contributed by atoms with Gasteiger partial charge in [0.2, 0.25) is 0 Å². The van der Waals surface area contributed by atoms with E-state index in [1.807, 2.05) is 83.1 Å². The Hall–Kier alpha value is -3.12. The van der Waals surface area contributed by atoms with Gasteiger partial charge in [0, 0.05) is 18.7 Å². The second-order valence-corrected chi connectivity index (χ2v) is 9.27. The third kappa shape index (κ3) is 4.81. The molecule has 0 saturated carbocycles. The summed E-state index contributed by atoms with van der Waals surface area (Å²) in [6, 6.07) is 10.8.